The molecule has 4 nitrogen and oxygen atoms in total. The molecule has 2 atom stereocenters. The number of halogens is 1. The number of hydrogen-bond donors (Lipinski definition) is 1. The van der Waals surface area contributed by atoms with E-state index >= 15 is 0 Å². The first kappa shape index (κ1) is 15.6. The van der Waals surface area contributed by atoms with E-state index < -0.39 is 10.0 Å². The molecular weight excluding hydrogens is 296 g/mol. The zero-order valence-corrected chi connectivity index (χ0v) is 13.6. The quantitative estimate of drug-likeness (QED) is 0.853. The van der Waals surface area contributed by atoms with Gasteiger partial charge >= 0.3 is 0 Å². The van der Waals surface area contributed by atoms with Crippen molar-refractivity contribution in [3.63, 3.8) is 0 Å². The Morgan fingerprint density at radius 1 is 1.30 bits per heavy atom. The van der Waals surface area contributed by atoms with Gasteiger partial charge in [0, 0.05) is 12.6 Å². The van der Waals surface area contributed by atoms with Crippen LogP contribution in [0.25, 0.3) is 0 Å². The monoisotopic (exact) mass is 316 g/mol. The summed E-state index contributed by atoms with van der Waals surface area (Å²) >= 11 is 6.00. The average molecular weight is 317 g/mol. The number of aryl methyl sites for hydroxylation is 1. The summed E-state index contributed by atoms with van der Waals surface area (Å²) in [5.74, 6) is 0.381. The van der Waals surface area contributed by atoms with E-state index in [9.17, 15) is 8.42 Å². The van der Waals surface area contributed by atoms with Crippen LogP contribution in [0.2, 0.25) is 5.02 Å². The largest absolute Gasteiger partial charge is 0.397 e. The first-order chi connectivity index (χ1) is 9.23. The van der Waals surface area contributed by atoms with Gasteiger partial charge in [0.2, 0.25) is 10.0 Å². The van der Waals surface area contributed by atoms with Gasteiger partial charge in [0.15, 0.2) is 0 Å². The minimum absolute atomic E-state index is 0.0217. The number of hydrogen-bond acceptors (Lipinski definition) is 3. The average Bonchev–Trinajstić information content (AvgIpc) is 2.38. The normalized spacial score (nSPS) is 24.8. The lowest BCUT2D eigenvalue weighted by Crippen LogP contribution is -2.44. The lowest BCUT2D eigenvalue weighted by atomic mass is 9.97. The van der Waals surface area contributed by atoms with Crippen molar-refractivity contribution in [1.29, 1.82) is 0 Å². The maximum absolute atomic E-state index is 12.8. The molecule has 0 radical (unpaired) electrons. The van der Waals surface area contributed by atoms with Crippen LogP contribution in [0.15, 0.2) is 17.0 Å². The van der Waals surface area contributed by atoms with Crippen molar-refractivity contribution in [2.24, 2.45) is 5.92 Å². The topological polar surface area (TPSA) is 63.4 Å². The van der Waals surface area contributed by atoms with E-state index in [1.165, 1.54) is 6.07 Å². The summed E-state index contributed by atoms with van der Waals surface area (Å²) in [7, 11) is -3.51. The Labute approximate surface area is 126 Å². The second-order valence-electron chi connectivity index (χ2n) is 5.75. The van der Waals surface area contributed by atoms with E-state index in [2.05, 4.69) is 6.92 Å². The molecule has 6 heteroatoms. The van der Waals surface area contributed by atoms with Gasteiger partial charge in [-0.3, -0.25) is 0 Å². The molecule has 112 valence electrons. The molecule has 0 spiro atoms. The molecule has 1 aromatic carbocycles. The molecule has 0 amide bonds. The third-order valence-electron chi connectivity index (χ3n) is 3.92. The van der Waals surface area contributed by atoms with E-state index in [0.717, 1.165) is 12.8 Å². The second kappa shape index (κ2) is 5.54. The van der Waals surface area contributed by atoms with Crippen molar-refractivity contribution in [3.8, 4) is 0 Å². The van der Waals surface area contributed by atoms with E-state index in [-0.39, 0.29) is 10.9 Å². The van der Waals surface area contributed by atoms with E-state index in [1.54, 1.807) is 17.3 Å². The van der Waals surface area contributed by atoms with Gasteiger partial charge in [0.05, 0.1) is 15.6 Å². The van der Waals surface area contributed by atoms with Gasteiger partial charge in [0.25, 0.3) is 0 Å². The molecule has 0 aliphatic carbocycles. The van der Waals surface area contributed by atoms with Crippen LogP contribution in [-0.4, -0.2) is 25.3 Å². The number of benzene rings is 1. The predicted molar refractivity (Wildman–Crippen MR) is 82.4 cm³/mol. The minimum atomic E-state index is -3.51. The highest BCUT2D eigenvalue weighted by atomic mass is 35.5. The molecule has 1 heterocycles. The molecule has 1 aromatic rings. The number of sulfonamides is 1. The number of anilines is 1. The van der Waals surface area contributed by atoms with Crippen molar-refractivity contribution in [2.45, 2.75) is 44.6 Å². The van der Waals surface area contributed by atoms with Gasteiger partial charge in [-0.2, -0.15) is 4.31 Å². The zero-order valence-electron chi connectivity index (χ0n) is 12.1. The summed E-state index contributed by atoms with van der Waals surface area (Å²) < 4.78 is 27.2. The highest BCUT2D eigenvalue weighted by Gasteiger charge is 2.33. The number of nitrogens with zero attached hydrogens (tertiary/aromatic N) is 1. The Hall–Kier alpha value is -0.780. The summed E-state index contributed by atoms with van der Waals surface area (Å²) in [4.78, 5) is 0.234. The summed E-state index contributed by atoms with van der Waals surface area (Å²) in [6.45, 7) is 6.36. The van der Waals surface area contributed by atoms with Crippen molar-refractivity contribution in [1.82, 2.24) is 4.31 Å². The Balaban J connectivity index is 2.44. The first-order valence-electron chi connectivity index (χ1n) is 6.81. The maximum atomic E-state index is 12.8. The van der Waals surface area contributed by atoms with Crippen LogP contribution < -0.4 is 5.73 Å². The van der Waals surface area contributed by atoms with Crippen LogP contribution in [0.3, 0.4) is 0 Å². The molecule has 0 saturated carbocycles. The molecule has 2 N–H and O–H groups in total. The van der Waals surface area contributed by atoms with Crippen LogP contribution >= 0.6 is 11.6 Å². The third-order valence-corrected chi connectivity index (χ3v) is 6.40. The van der Waals surface area contributed by atoms with E-state index in [4.69, 9.17) is 17.3 Å². The molecule has 1 aliphatic rings. The molecule has 1 saturated heterocycles. The van der Waals surface area contributed by atoms with Crippen molar-refractivity contribution in [3.05, 3.63) is 22.7 Å². The Morgan fingerprint density at radius 3 is 2.55 bits per heavy atom. The second-order valence-corrected chi connectivity index (χ2v) is 8.02. The van der Waals surface area contributed by atoms with Crippen molar-refractivity contribution in [2.75, 3.05) is 12.3 Å². The highest BCUT2D eigenvalue weighted by Crippen LogP contribution is 2.32. The van der Waals surface area contributed by atoms with Gasteiger partial charge in [0.1, 0.15) is 0 Å². The smallest absolute Gasteiger partial charge is 0.243 e. The Morgan fingerprint density at radius 2 is 1.95 bits per heavy atom. The number of nitrogens with two attached hydrogens (primary N) is 1. The lowest BCUT2D eigenvalue weighted by Gasteiger charge is -2.35. The van der Waals surface area contributed by atoms with Crippen LogP contribution in [-0.2, 0) is 10.0 Å². The highest BCUT2D eigenvalue weighted by molar-refractivity contribution is 7.89. The van der Waals surface area contributed by atoms with Crippen LogP contribution in [0.4, 0.5) is 5.69 Å². The van der Waals surface area contributed by atoms with Crippen LogP contribution in [0.5, 0.6) is 0 Å². The summed E-state index contributed by atoms with van der Waals surface area (Å²) in [6, 6.07) is 3.07. The molecule has 0 bridgehead atoms. The SMILES string of the molecule is Cc1cc(S(=O)(=O)N2CC(C)CCC2C)cc(N)c1Cl. The van der Waals surface area contributed by atoms with Gasteiger partial charge in [-0.25, -0.2) is 8.42 Å². The van der Waals surface area contributed by atoms with Crippen LogP contribution in [0, 0.1) is 12.8 Å². The van der Waals surface area contributed by atoms with E-state index in [1.807, 2.05) is 6.92 Å². The summed E-state index contributed by atoms with van der Waals surface area (Å²) in [5, 5.41) is 0.420. The molecule has 1 aliphatic heterocycles. The van der Waals surface area contributed by atoms with Crippen molar-refractivity contribution >= 4 is 27.3 Å². The van der Waals surface area contributed by atoms with Crippen molar-refractivity contribution < 1.29 is 8.42 Å². The molecule has 20 heavy (non-hydrogen) atoms. The molecular formula is C14H21ClN2O2S. The van der Waals surface area contributed by atoms with E-state index in [0.29, 0.717) is 28.7 Å². The Bertz CT molecular complexity index is 593. The fraction of sp³-hybridized carbons (Fsp3) is 0.571. The minimum Gasteiger partial charge on any atom is -0.397 e. The fourth-order valence-corrected chi connectivity index (χ4v) is 4.64. The van der Waals surface area contributed by atoms with Gasteiger partial charge in [-0.05, 0) is 50.3 Å². The zero-order chi connectivity index (χ0) is 15.1. The Kier molecular flexibility index (Phi) is 4.33. The molecule has 2 unspecified atom stereocenters. The number of rotatable bonds is 2. The van der Waals surface area contributed by atoms with Gasteiger partial charge in [-0.15, -0.1) is 0 Å². The lowest BCUT2D eigenvalue weighted by molar-refractivity contribution is 0.218. The fourth-order valence-electron chi connectivity index (χ4n) is 2.63. The van der Waals surface area contributed by atoms with Crippen LogP contribution in [0.1, 0.15) is 32.3 Å². The summed E-state index contributed by atoms with van der Waals surface area (Å²) in [5.41, 5.74) is 6.79. The third kappa shape index (κ3) is 2.80. The van der Waals surface area contributed by atoms with Gasteiger partial charge in [-0.1, -0.05) is 18.5 Å². The standard InChI is InChI=1S/C14H21ClN2O2S/c1-9-4-5-11(3)17(8-9)20(18,19)12-6-10(2)14(15)13(16)7-12/h6-7,9,11H,4-5,8,16H2,1-3H3. The molecule has 1 fully saturated rings. The first-order valence-corrected chi connectivity index (χ1v) is 8.62. The number of nitrogen functional groups attached to an aromatic ring is 1. The molecule has 0 aromatic heterocycles. The number of piperidine rings is 1. The maximum Gasteiger partial charge on any atom is 0.243 e. The summed E-state index contributed by atoms with van der Waals surface area (Å²) in [6.07, 6.45) is 1.96. The molecule has 2 rings (SSSR count). The predicted octanol–water partition coefficient (Wildman–Crippen LogP) is 3.04. The van der Waals surface area contributed by atoms with Gasteiger partial charge < -0.3 is 5.73 Å².